The number of carbonyl (C=O) groups is 5. The van der Waals surface area contributed by atoms with Crippen LogP contribution in [0.4, 0.5) is 0 Å². The third kappa shape index (κ3) is 9.62. The fourth-order valence-corrected chi connectivity index (χ4v) is 6.80. The van der Waals surface area contributed by atoms with Gasteiger partial charge in [-0.3, -0.25) is 24.0 Å². The number of benzene rings is 8. The van der Waals surface area contributed by atoms with Gasteiger partial charge in [-0.2, -0.15) is 0 Å². The second-order valence-electron chi connectivity index (χ2n) is 14.7. The molecule has 0 aromatic heterocycles. The van der Waals surface area contributed by atoms with Crippen molar-refractivity contribution in [2.45, 2.75) is 6.92 Å². The average molecular weight is 827 g/mol. The summed E-state index contributed by atoms with van der Waals surface area (Å²) in [4.78, 5) is 65.5. The Labute approximate surface area is 364 Å². The van der Waals surface area contributed by atoms with E-state index in [9.17, 15) is 24.0 Å². The second kappa shape index (κ2) is 18.4. The van der Waals surface area contributed by atoms with Crippen LogP contribution in [0.1, 0.15) is 85.2 Å². The fraction of sp³-hybridized carbons (Fsp3) is 0.0364. The Morgan fingerprint density at radius 2 is 0.413 bits per heavy atom. The van der Waals surface area contributed by atoms with Gasteiger partial charge in [0.05, 0.1) is 7.11 Å². The van der Waals surface area contributed by atoms with Crippen LogP contribution in [0.25, 0.3) is 0 Å². The molecule has 0 spiro atoms. The lowest BCUT2D eigenvalue weighted by atomic mass is 9.98. The van der Waals surface area contributed by atoms with Gasteiger partial charge >= 0.3 is 0 Å². The van der Waals surface area contributed by atoms with Crippen molar-refractivity contribution >= 4 is 28.9 Å². The van der Waals surface area contributed by atoms with E-state index >= 15 is 0 Å². The van der Waals surface area contributed by atoms with Crippen LogP contribution in [-0.2, 0) is 0 Å². The number of carbonyl (C=O) groups excluding carboxylic acids is 5. The van der Waals surface area contributed by atoms with Crippen LogP contribution >= 0.6 is 0 Å². The molecule has 0 amide bonds. The van der Waals surface area contributed by atoms with E-state index in [1.807, 2.05) is 19.1 Å². The first kappa shape index (κ1) is 41.3. The van der Waals surface area contributed by atoms with Crippen molar-refractivity contribution in [3.63, 3.8) is 0 Å². The summed E-state index contributed by atoms with van der Waals surface area (Å²) < 4.78 is 17.1. The molecule has 63 heavy (non-hydrogen) atoms. The van der Waals surface area contributed by atoms with Crippen LogP contribution in [0.5, 0.6) is 28.7 Å². The zero-order valence-corrected chi connectivity index (χ0v) is 34.2. The zero-order chi connectivity index (χ0) is 43.9. The highest BCUT2D eigenvalue weighted by molar-refractivity contribution is 6.13. The first-order chi connectivity index (χ1) is 30.6. The van der Waals surface area contributed by atoms with Gasteiger partial charge < -0.3 is 14.2 Å². The Kier molecular flexibility index (Phi) is 12.1. The Bertz CT molecular complexity index is 2930. The van der Waals surface area contributed by atoms with Crippen LogP contribution < -0.4 is 14.2 Å². The van der Waals surface area contributed by atoms with Gasteiger partial charge in [0.1, 0.15) is 28.7 Å². The predicted molar refractivity (Wildman–Crippen MR) is 240 cm³/mol. The third-order valence-corrected chi connectivity index (χ3v) is 10.4. The van der Waals surface area contributed by atoms with Gasteiger partial charge in [0.15, 0.2) is 28.9 Å². The van der Waals surface area contributed by atoms with Crippen LogP contribution in [0.15, 0.2) is 194 Å². The molecule has 0 unspecified atom stereocenters. The molecule has 8 nitrogen and oxygen atoms in total. The molecular formula is C55H38O8. The Hall–Kier alpha value is -8.49. The van der Waals surface area contributed by atoms with Crippen LogP contribution in [-0.4, -0.2) is 36.0 Å². The smallest absolute Gasteiger partial charge is 0.193 e. The lowest BCUT2D eigenvalue weighted by Gasteiger charge is -2.09. The van der Waals surface area contributed by atoms with Gasteiger partial charge in [-0.15, -0.1) is 0 Å². The molecule has 0 aliphatic rings. The summed E-state index contributed by atoms with van der Waals surface area (Å²) in [6.07, 6.45) is 0. The Balaban J connectivity index is 0.826. The van der Waals surface area contributed by atoms with Gasteiger partial charge in [0.2, 0.25) is 0 Å². The van der Waals surface area contributed by atoms with Gasteiger partial charge in [-0.05, 0) is 128 Å². The highest BCUT2D eigenvalue weighted by atomic mass is 16.5. The quantitative estimate of drug-likeness (QED) is 0.0939. The maximum Gasteiger partial charge on any atom is 0.193 e. The molecule has 0 N–H and O–H groups in total. The monoisotopic (exact) mass is 826 g/mol. The summed E-state index contributed by atoms with van der Waals surface area (Å²) in [5.41, 5.74) is 5.93. The lowest BCUT2D eigenvalue weighted by molar-refractivity contribution is 0.102. The van der Waals surface area contributed by atoms with E-state index in [1.54, 1.807) is 189 Å². The molecule has 8 heteroatoms. The molecule has 0 aliphatic heterocycles. The molecule has 0 heterocycles. The molecule has 0 atom stereocenters. The van der Waals surface area contributed by atoms with Gasteiger partial charge in [0.25, 0.3) is 0 Å². The summed E-state index contributed by atoms with van der Waals surface area (Å²) in [6.45, 7) is 1.96. The van der Waals surface area contributed by atoms with E-state index in [0.717, 1.165) is 5.56 Å². The van der Waals surface area contributed by atoms with E-state index in [4.69, 9.17) is 14.2 Å². The summed E-state index contributed by atoms with van der Waals surface area (Å²) in [6, 6.07) is 54.5. The first-order valence-electron chi connectivity index (χ1n) is 20.0. The van der Waals surface area contributed by atoms with Gasteiger partial charge in [0, 0.05) is 55.6 Å². The van der Waals surface area contributed by atoms with Crippen molar-refractivity contribution in [3.8, 4) is 28.7 Å². The van der Waals surface area contributed by atoms with Crippen molar-refractivity contribution in [1.82, 2.24) is 0 Å². The van der Waals surface area contributed by atoms with E-state index in [2.05, 4.69) is 0 Å². The molecule has 0 saturated heterocycles. The maximum atomic E-state index is 13.3. The molecule has 0 aliphatic carbocycles. The fourth-order valence-electron chi connectivity index (χ4n) is 6.80. The first-order valence-corrected chi connectivity index (χ1v) is 20.0. The number of hydrogen-bond acceptors (Lipinski definition) is 8. The molecule has 8 rings (SSSR count). The highest BCUT2D eigenvalue weighted by Gasteiger charge is 2.16. The largest absolute Gasteiger partial charge is 0.497 e. The number of ether oxygens (including phenoxy) is 3. The minimum Gasteiger partial charge on any atom is -0.497 e. The van der Waals surface area contributed by atoms with Crippen molar-refractivity contribution < 1.29 is 38.2 Å². The molecule has 0 radical (unpaired) electrons. The number of aryl methyl sites for hydroxylation is 1. The van der Waals surface area contributed by atoms with E-state index in [1.165, 1.54) is 0 Å². The highest BCUT2D eigenvalue weighted by Crippen LogP contribution is 2.27. The van der Waals surface area contributed by atoms with Crippen molar-refractivity contribution in [3.05, 3.63) is 255 Å². The minimum atomic E-state index is -0.212. The van der Waals surface area contributed by atoms with Crippen molar-refractivity contribution in [2.75, 3.05) is 7.11 Å². The molecule has 0 bridgehead atoms. The number of methoxy groups -OCH3 is 1. The third-order valence-electron chi connectivity index (χ3n) is 10.4. The van der Waals surface area contributed by atoms with Crippen molar-refractivity contribution in [2.24, 2.45) is 0 Å². The standard InChI is InChI=1S/C55H38O8/c1-35-3-5-36(6-4-35)51(56)37-7-9-38(10-8-37)52(57)42-17-27-47(28-18-42)62-48-29-19-43(20-30-48)53(58)39-11-13-40(14-12-39)54(59)44-21-31-49(32-22-44)63-50-33-23-45(24-34-50)55(60)41-15-25-46(61-2)26-16-41/h3-34H,1-2H3. The van der Waals surface area contributed by atoms with Gasteiger partial charge in [-0.25, -0.2) is 0 Å². The van der Waals surface area contributed by atoms with Gasteiger partial charge in [-0.1, -0.05) is 78.4 Å². The lowest BCUT2D eigenvalue weighted by Crippen LogP contribution is -2.04. The number of rotatable bonds is 15. The molecule has 8 aromatic rings. The Morgan fingerprint density at radius 1 is 0.254 bits per heavy atom. The average Bonchev–Trinajstić information content (AvgIpc) is 3.34. The summed E-state index contributed by atoms with van der Waals surface area (Å²) in [5, 5.41) is 0. The molecular weight excluding hydrogens is 789 g/mol. The zero-order valence-electron chi connectivity index (χ0n) is 34.2. The minimum absolute atomic E-state index is 0.106. The normalized spacial score (nSPS) is 10.7. The predicted octanol–water partition coefficient (Wildman–Crippen LogP) is 11.7. The summed E-state index contributed by atoms with van der Waals surface area (Å²) in [5.74, 6) is 1.93. The molecule has 0 fully saturated rings. The maximum absolute atomic E-state index is 13.3. The molecule has 306 valence electrons. The Morgan fingerprint density at radius 3 is 0.603 bits per heavy atom. The summed E-state index contributed by atoms with van der Waals surface area (Å²) >= 11 is 0. The molecule has 8 aromatic carbocycles. The number of ketones is 5. The van der Waals surface area contributed by atoms with E-state index in [0.29, 0.717) is 84.4 Å². The number of hydrogen-bond donors (Lipinski definition) is 0. The van der Waals surface area contributed by atoms with E-state index < -0.39 is 0 Å². The van der Waals surface area contributed by atoms with E-state index in [-0.39, 0.29) is 28.9 Å². The summed E-state index contributed by atoms with van der Waals surface area (Å²) in [7, 11) is 1.57. The van der Waals surface area contributed by atoms with Crippen molar-refractivity contribution in [1.29, 1.82) is 0 Å². The SMILES string of the molecule is COc1ccc(C(=O)c2ccc(Oc3ccc(C(=O)c4ccc(C(=O)c5ccc(Oc6ccc(C(=O)c7ccc(C(=O)c8ccc(C)cc8)cc7)cc6)cc5)cc4)cc3)cc2)cc1. The van der Waals surface area contributed by atoms with Crippen LogP contribution in [0.2, 0.25) is 0 Å². The second-order valence-corrected chi connectivity index (χ2v) is 14.7. The van der Waals surface area contributed by atoms with Crippen LogP contribution in [0.3, 0.4) is 0 Å². The van der Waals surface area contributed by atoms with Crippen LogP contribution in [0, 0.1) is 6.92 Å². The topological polar surface area (TPSA) is 113 Å². The molecule has 0 saturated carbocycles.